The largest absolute Gasteiger partial charge is 0.479 e. The number of aryl methyl sites for hydroxylation is 1. The van der Waals surface area contributed by atoms with Crippen LogP contribution in [0.5, 0.6) is 5.75 Å². The number of nitrogens with one attached hydrogen (secondary N) is 2. The molecule has 1 aromatic carbocycles. The molecule has 2 aromatic rings. The Morgan fingerprint density at radius 3 is 2.92 bits per heavy atom. The van der Waals surface area contributed by atoms with E-state index in [0.29, 0.717) is 23.7 Å². The van der Waals surface area contributed by atoms with Gasteiger partial charge >= 0.3 is 0 Å². The molecule has 124 valence electrons. The minimum Gasteiger partial charge on any atom is -0.479 e. The van der Waals surface area contributed by atoms with Gasteiger partial charge in [-0.1, -0.05) is 6.07 Å². The standard InChI is InChI=1S/C17H17N3O4/c1-11-17(23)19-13-10-12(5-6-14(13)24-11)18-15(21)7-9-20-8-3-2-4-16(20)22/h2-6,8,10-11H,7,9H2,1H3,(H,18,21)(H,19,23). The van der Waals surface area contributed by atoms with E-state index >= 15 is 0 Å². The van der Waals surface area contributed by atoms with E-state index in [4.69, 9.17) is 4.74 Å². The molecular formula is C17H17N3O4. The molecule has 0 fully saturated rings. The molecule has 2 N–H and O–H groups in total. The van der Waals surface area contributed by atoms with Gasteiger partial charge in [0.15, 0.2) is 6.10 Å². The van der Waals surface area contributed by atoms with Crippen molar-refractivity contribution in [3.8, 4) is 5.75 Å². The van der Waals surface area contributed by atoms with Crippen molar-refractivity contribution < 1.29 is 14.3 Å². The maximum absolute atomic E-state index is 12.0. The first-order valence-corrected chi connectivity index (χ1v) is 7.60. The van der Waals surface area contributed by atoms with Crippen molar-refractivity contribution in [1.82, 2.24) is 4.57 Å². The normalized spacial score (nSPS) is 15.9. The van der Waals surface area contributed by atoms with Crippen LogP contribution in [0.25, 0.3) is 0 Å². The Morgan fingerprint density at radius 2 is 2.12 bits per heavy atom. The third-order valence-corrected chi connectivity index (χ3v) is 3.67. The molecule has 1 atom stereocenters. The van der Waals surface area contributed by atoms with Crippen LogP contribution < -0.4 is 20.9 Å². The summed E-state index contributed by atoms with van der Waals surface area (Å²) in [6, 6.07) is 9.89. The van der Waals surface area contributed by atoms with Crippen LogP contribution in [0, 0.1) is 0 Å². The lowest BCUT2D eigenvalue weighted by molar-refractivity contribution is -0.122. The summed E-state index contributed by atoms with van der Waals surface area (Å²) in [6.45, 7) is 1.97. The summed E-state index contributed by atoms with van der Waals surface area (Å²) in [5, 5.41) is 5.47. The molecule has 1 aliphatic heterocycles. The number of rotatable bonds is 4. The molecule has 0 radical (unpaired) electrons. The van der Waals surface area contributed by atoms with E-state index in [9.17, 15) is 14.4 Å². The maximum atomic E-state index is 12.0. The monoisotopic (exact) mass is 327 g/mol. The van der Waals surface area contributed by atoms with E-state index in [1.807, 2.05) is 0 Å². The molecule has 1 aromatic heterocycles. The predicted molar refractivity (Wildman–Crippen MR) is 89.1 cm³/mol. The third-order valence-electron chi connectivity index (χ3n) is 3.67. The number of hydrogen-bond acceptors (Lipinski definition) is 4. The number of benzene rings is 1. The summed E-state index contributed by atoms with van der Waals surface area (Å²) in [7, 11) is 0. The number of aromatic nitrogens is 1. The van der Waals surface area contributed by atoms with Gasteiger partial charge in [-0.05, 0) is 31.2 Å². The highest BCUT2D eigenvalue weighted by Gasteiger charge is 2.23. The van der Waals surface area contributed by atoms with Crippen LogP contribution in [0.15, 0.2) is 47.4 Å². The summed E-state index contributed by atoms with van der Waals surface area (Å²) in [5.41, 5.74) is 0.931. The van der Waals surface area contributed by atoms with Crippen molar-refractivity contribution in [2.75, 3.05) is 10.6 Å². The lowest BCUT2D eigenvalue weighted by Gasteiger charge is -2.23. The molecule has 0 saturated heterocycles. The van der Waals surface area contributed by atoms with E-state index in [1.54, 1.807) is 43.5 Å². The van der Waals surface area contributed by atoms with Gasteiger partial charge in [0.2, 0.25) is 5.91 Å². The lowest BCUT2D eigenvalue weighted by atomic mass is 10.2. The number of nitrogens with zero attached hydrogens (tertiary/aromatic N) is 1. The van der Waals surface area contributed by atoms with Gasteiger partial charge in [-0.2, -0.15) is 0 Å². The van der Waals surface area contributed by atoms with Crippen molar-refractivity contribution >= 4 is 23.2 Å². The third kappa shape index (κ3) is 3.45. The Hall–Kier alpha value is -3.09. The van der Waals surface area contributed by atoms with Crippen molar-refractivity contribution in [3.05, 3.63) is 52.9 Å². The average Bonchev–Trinajstić information content (AvgIpc) is 2.55. The highest BCUT2D eigenvalue weighted by atomic mass is 16.5. The summed E-state index contributed by atoms with van der Waals surface area (Å²) < 4.78 is 6.93. The van der Waals surface area contributed by atoms with E-state index in [-0.39, 0.29) is 23.8 Å². The first-order valence-electron chi connectivity index (χ1n) is 7.60. The van der Waals surface area contributed by atoms with Crippen molar-refractivity contribution in [2.24, 2.45) is 0 Å². The highest BCUT2D eigenvalue weighted by molar-refractivity contribution is 5.99. The number of ether oxygens (including phenoxy) is 1. The first-order chi connectivity index (χ1) is 11.5. The van der Waals surface area contributed by atoms with Gasteiger partial charge in [-0.25, -0.2) is 0 Å². The molecule has 2 amide bonds. The first kappa shape index (κ1) is 15.8. The zero-order valence-corrected chi connectivity index (χ0v) is 13.1. The number of amides is 2. The average molecular weight is 327 g/mol. The van der Waals surface area contributed by atoms with Gasteiger partial charge in [0.1, 0.15) is 5.75 Å². The van der Waals surface area contributed by atoms with E-state index in [1.165, 1.54) is 10.6 Å². The SMILES string of the molecule is CC1Oc2ccc(NC(=O)CCn3ccccc3=O)cc2NC1=O. The fourth-order valence-electron chi connectivity index (χ4n) is 2.38. The van der Waals surface area contributed by atoms with E-state index in [2.05, 4.69) is 10.6 Å². The van der Waals surface area contributed by atoms with Gasteiger partial charge in [0.05, 0.1) is 5.69 Å². The fraction of sp³-hybridized carbons (Fsp3) is 0.235. The Labute approximate surface area is 138 Å². The number of carbonyl (C=O) groups excluding carboxylic acids is 2. The Kier molecular flexibility index (Phi) is 4.33. The van der Waals surface area contributed by atoms with Crippen LogP contribution in [-0.4, -0.2) is 22.5 Å². The molecule has 3 rings (SSSR count). The molecule has 1 unspecified atom stereocenters. The number of fused-ring (bicyclic) bond motifs is 1. The predicted octanol–water partition coefficient (Wildman–Crippen LogP) is 1.60. The molecular weight excluding hydrogens is 310 g/mol. The molecule has 1 aliphatic rings. The molecule has 0 saturated carbocycles. The van der Waals surface area contributed by atoms with Gasteiger partial charge in [-0.15, -0.1) is 0 Å². The zero-order chi connectivity index (χ0) is 17.1. The molecule has 24 heavy (non-hydrogen) atoms. The number of hydrogen-bond donors (Lipinski definition) is 2. The van der Waals surface area contributed by atoms with E-state index in [0.717, 1.165) is 0 Å². The molecule has 7 nitrogen and oxygen atoms in total. The highest BCUT2D eigenvalue weighted by Crippen LogP contribution is 2.32. The van der Waals surface area contributed by atoms with Crippen LogP contribution in [0.4, 0.5) is 11.4 Å². The van der Waals surface area contributed by atoms with Gasteiger partial charge in [0, 0.05) is 30.9 Å². The second kappa shape index (κ2) is 6.57. The summed E-state index contributed by atoms with van der Waals surface area (Å²) in [6.07, 6.45) is 1.27. The molecule has 2 heterocycles. The van der Waals surface area contributed by atoms with Gasteiger partial charge in [-0.3, -0.25) is 14.4 Å². The zero-order valence-electron chi connectivity index (χ0n) is 13.1. The van der Waals surface area contributed by atoms with Crippen LogP contribution in [0.1, 0.15) is 13.3 Å². The second-order valence-corrected chi connectivity index (χ2v) is 5.49. The molecule has 0 aliphatic carbocycles. The Balaban J connectivity index is 1.63. The van der Waals surface area contributed by atoms with Crippen molar-refractivity contribution in [3.63, 3.8) is 0 Å². The Morgan fingerprint density at radius 1 is 1.29 bits per heavy atom. The lowest BCUT2D eigenvalue weighted by Crippen LogP contribution is -2.34. The Bertz CT molecular complexity index is 844. The maximum Gasteiger partial charge on any atom is 0.265 e. The number of anilines is 2. The van der Waals surface area contributed by atoms with E-state index < -0.39 is 6.10 Å². The second-order valence-electron chi connectivity index (χ2n) is 5.49. The van der Waals surface area contributed by atoms with Crippen LogP contribution in [0.3, 0.4) is 0 Å². The molecule has 0 spiro atoms. The van der Waals surface area contributed by atoms with Gasteiger partial charge in [0.25, 0.3) is 11.5 Å². The topological polar surface area (TPSA) is 89.4 Å². The minimum absolute atomic E-state index is 0.145. The smallest absolute Gasteiger partial charge is 0.265 e. The number of pyridine rings is 1. The minimum atomic E-state index is -0.540. The quantitative estimate of drug-likeness (QED) is 0.892. The van der Waals surface area contributed by atoms with Crippen molar-refractivity contribution in [1.29, 1.82) is 0 Å². The summed E-state index contributed by atoms with van der Waals surface area (Å²) >= 11 is 0. The van der Waals surface area contributed by atoms with Crippen LogP contribution in [-0.2, 0) is 16.1 Å². The van der Waals surface area contributed by atoms with Gasteiger partial charge < -0.3 is 19.9 Å². The fourth-order valence-corrected chi connectivity index (χ4v) is 2.38. The molecule has 0 bridgehead atoms. The summed E-state index contributed by atoms with van der Waals surface area (Å²) in [5.74, 6) is 0.118. The molecule has 7 heteroatoms. The van der Waals surface area contributed by atoms with Crippen LogP contribution in [0.2, 0.25) is 0 Å². The van der Waals surface area contributed by atoms with Crippen LogP contribution >= 0.6 is 0 Å². The number of carbonyl (C=O) groups is 2. The summed E-state index contributed by atoms with van der Waals surface area (Å²) in [4.78, 5) is 35.2. The van der Waals surface area contributed by atoms with Crippen molar-refractivity contribution in [2.45, 2.75) is 26.0 Å².